The van der Waals surface area contributed by atoms with Gasteiger partial charge in [-0.1, -0.05) is 6.07 Å². The Balaban J connectivity index is 0. The molecule has 0 bridgehead atoms. The smallest absolute Gasteiger partial charge is 0.0402 e. The van der Waals surface area contributed by atoms with Crippen LogP contribution < -0.4 is 0 Å². The van der Waals surface area contributed by atoms with Crippen molar-refractivity contribution in [3.05, 3.63) is 30.6 Å². The fraction of sp³-hybridized carbons (Fsp3) is 0.286. The first-order valence-corrected chi connectivity index (χ1v) is 2.87. The summed E-state index contributed by atoms with van der Waals surface area (Å²) in [6.07, 6.45) is 3.50. The van der Waals surface area contributed by atoms with Crippen LogP contribution in [0.1, 0.15) is 6.92 Å². The van der Waals surface area contributed by atoms with Gasteiger partial charge in [-0.05, 0) is 19.1 Å². The van der Waals surface area contributed by atoms with Crippen LogP contribution in [0.3, 0.4) is 0 Å². The third-order valence-electron chi connectivity index (χ3n) is 0.566. The molecule has 0 spiro atoms. The fourth-order valence-corrected chi connectivity index (χ4v) is 0.313. The van der Waals surface area contributed by atoms with Gasteiger partial charge in [0.2, 0.25) is 0 Å². The molecule has 0 radical (unpaired) electrons. The standard InChI is InChI=1S/C5H5N.C2H6O.FH/c1-2-4-6-5-3-1;1-2-3;/h1-5H;3H,2H2,1H3;1H. The summed E-state index contributed by atoms with van der Waals surface area (Å²) in [7, 11) is 0. The molecule has 10 heavy (non-hydrogen) atoms. The highest BCUT2D eigenvalue weighted by molar-refractivity contribution is 4.88. The maximum atomic E-state index is 7.57. The Kier molecular flexibility index (Phi) is 12.9. The third-order valence-corrected chi connectivity index (χ3v) is 0.566. The van der Waals surface area contributed by atoms with E-state index in [2.05, 4.69) is 4.98 Å². The van der Waals surface area contributed by atoms with Crippen LogP contribution in [0.25, 0.3) is 0 Å². The molecule has 3 heteroatoms. The van der Waals surface area contributed by atoms with E-state index in [9.17, 15) is 0 Å². The Morgan fingerprint density at radius 1 is 1.20 bits per heavy atom. The number of aliphatic hydroxyl groups is 1. The molecule has 0 unspecified atom stereocenters. The molecule has 1 heterocycles. The molecule has 58 valence electrons. The molecule has 1 aromatic heterocycles. The summed E-state index contributed by atoms with van der Waals surface area (Å²) in [6.45, 7) is 1.93. The molecule has 0 atom stereocenters. The van der Waals surface area contributed by atoms with E-state index in [1.807, 2.05) is 18.2 Å². The van der Waals surface area contributed by atoms with Gasteiger partial charge < -0.3 is 5.11 Å². The fourth-order valence-electron chi connectivity index (χ4n) is 0.313. The van der Waals surface area contributed by atoms with Gasteiger partial charge in [0.05, 0.1) is 0 Å². The lowest BCUT2D eigenvalue weighted by Crippen LogP contribution is -1.58. The van der Waals surface area contributed by atoms with Crippen molar-refractivity contribution >= 4 is 0 Å². The van der Waals surface area contributed by atoms with Crippen LogP contribution in [0.5, 0.6) is 0 Å². The molecule has 0 aliphatic heterocycles. The summed E-state index contributed by atoms with van der Waals surface area (Å²) in [6, 6.07) is 5.72. The monoisotopic (exact) mass is 145 g/mol. The molecule has 0 aliphatic rings. The summed E-state index contributed by atoms with van der Waals surface area (Å²) < 4.78 is 0. The lowest BCUT2D eigenvalue weighted by atomic mass is 10.5. The molecule has 0 fully saturated rings. The lowest BCUT2D eigenvalue weighted by Gasteiger charge is -1.70. The number of hydrogen-bond donors (Lipinski definition) is 1. The van der Waals surface area contributed by atoms with Crippen LogP contribution in [0.4, 0.5) is 4.70 Å². The highest BCUT2D eigenvalue weighted by atomic mass is 19.0. The Hall–Kier alpha value is -0.960. The second kappa shape index (κ2) is 10.9. The Bertz CT molecular complexity index is 96.5. The van der Waals surface area contributed by atoms with Crippen molar-refractivity contribution < 1.29 is 9.81 Å². The van der Waals surface area contributed by atoms with Crippen LogP contribution >= 0.6 is 0 Å². The first-order valence-electron chi connectivity index (χ1n) is 2.87. The first-order chi connectivity index (χ1) is 4.41. The highest BCUT2D eigenvalue weighted by Gasteiger charge is 1.58. The van der Waals surface area contributed by atoms with Crippen LogP contribution in [-0.2, 0) is 0 Å². The number of rotatable bonds is 0. The van der Waals surface area contributed by atoms with Crippen molar-refractivity contribution in [2.45, 2.75) is 6.92 Å². The largest absolute Gasteiger partial charge is 0.397 e. The zero-order chi connectivity index (χ0) is 6.95. The van der Waals surface area contributed by atoms with Crippen molar-refractivity contribution in [2.75, 3.05) is 6.61 Å². The van der Waals surface area contributed by atoms with E-state index in [1.54, 1.807) is 19.3 Å². The van der Waals surface area contributed by atoms with Gasteiger partial charge in [0.25, 0.3) is 0 Å². The van der Waals surface area contributed by atoms with Gasteiger partial charge in [0, 0.05) is 19.0 Å². The van der Waals surface area contributed by atoms with E-state index >= 15 is 0 Å². The number of aromatic nitrogens is 1. The summed E-state index contributed by atoms with van der Waals surface area (Å²) in [4.78, 5) is 3.78. The molecule has 1 rings (SSSR count). The molecule has 1 aromatic rings. The van der Waals surface area contributed by atoms with Gasteiger partial charge in [-0.25, -0.2) is 0 Å². The molecule has 0 saturated carbocycles. The van der Waals surface area contributed by atoms with Crippen molar-refractivity contribution in [1.82, 2.24) is 4.98 Å². The average molecular weight is 145 g/mol. The average Bonchev–Trinajstić information content (AvgIpc) is 1.93. The van der Waals surface area contributed by atoms with Gasteiger partial charge in [0.1, 0.15) is 0 Å². The Morgan fingerprint density at radius 3 is 1.70 bits per heavy atom. The normalized spacial score (nSPS) is 6.60. The summed E-state index contributed by atoms with van der Waals surface area (Å²) >= 11 is 0. The van der Waals surface area contributed by atoms with E-state index in [4.69, 9.17) is 5.11 Å². The lowest BCUT2D eigenvalue weighted by molar-refractivity contribution is 0.318. The Labute approximate surface area is 59.9 Å². The van der Waals surface area contributed by atoms with E-state index in [0.29, 0.717) is 0 Å². The van der Waals surface area contributed by atoms with E-state index in [-0.39, 0.29) is 11.3 Å². The quantitative estimate of drug-likeness (QED) is 0.595. The second-order valence-electron chi connectivity index (χ2n) is 1.34. The van der Waals surface area contributed by atoms with E-state index in [1.165, 1.54) is 0 Å². The van der Waals surface area contributed by atoms with Crippen molar-refractivity contribution in [1.29, 1.82) is 0 Å². The minimum absolute atomic E-state index is 0. The van der Waals surface area contributed by atoms with Gasteiger partial charge in [0.15, 0.2) is 0 Å². The van der Waals surface area contributed by atoms with Crippen LogP contribution in [-0.4, -0.2) is 16.7 Å². The number of halogens is 1. The highest BCUT2D eigenvalue weighted by Crippen LogP contribution is 1.73. The molecule has 1 N–H and O–H groups in total. The number of hydrogen-bond acceptors (Lipinski definition) is 2. The second-order valence-corrected chi connectivity index (χ2v) is 1.34. The van der Waals surface area contributed by atoms with Crippen LogP contribution in [0.2, 0.25) is 0 Å². The van der Waals surface area contributed by atoms with Gasteiger partial charge in [-0.15, -0.1) is 0 Å². The van der Waals surface area contributed by atoms with Crippen LogP contribution in [0, 0.1) is 0 Å². The summed E-state index contributed by atoms with van der Waals surface area (Å²) in [5, 5.41) is 7.57. The molecule has 2 nitrogen and oxygen atoms in total. The summed E-state index contributed by atoms with van der Waals surface area (Å²) in [5.41, 5.74) is 0. The third kappa shape index (κ3) is 10.1. The van der Waals surface area contributed by atoms with E-state index in [0.717, 1.165) is 0 Å². The SMILES string of the molecule is CCO.F.c1ccncc1. The van der Waals surface area contributed by atoms with Crippen molar-refractivity contribution in [2.24, 2.45) is 0 Å². The molecule has 0 aromatic carbocycles. The molecule has 0 amide bonds. The maximum absolute atomic E-state index is 7.57. The number of nitrogens with zero attached hydrogens (tertiary/aromatic N) is 1. The molecular formula is C7H12FNO. The van der Waals surface area contributed by atoms with Crippen LogP contribution in [0.15, 0.2) is 30.6 Å². The minimum atomic E-state index is 0. The molecule has 0 aliphatic carbocycles. The maximum Gasteiger partial charge on any atom is 0.0402 e. The first kappa shape index (κ1) is 11.8. The topological polar surface area (TPSA) is 33.1 Å². The van der Waals surface area contributed by atoms with Gasteiger partial charge in [-0.2, -0.15) is 0 Å². The zero-order valence-corrected chi connectivity index (χ0v) is 5.90. The predicted molar refractivity (Wildman–Crippen MR) is 39.5 cm³/mol. The van der Waals surface area contributed by atoms with E-state index < -0.39 is 0 Å². The number of pyridine rings is 1. The van der Waals surface area contributed by atoms with Gasteiger partial charge in [-0.3, -0.25) is 9.69 Å². The molecular weight excluding hydrogens is 133 g/mol. The minimum Gasteiger partial charge on any atom is -0.397 e. The molecule has 0 saturated heterocycles. The summed E-state index contributed by atoms with van der Waals surface area (Å²) in [5.74, 6) is 0. The predicted octanol–water partition coefficient (Wildman–Crippen LogP) is 1.23. The van der Waals surface area contributed by atoms with Gasteiger partial charge >= 0.3 is 0 Å². The Morgan fingerprint density at radius 2 is 1.60 bits per heavy atom. The zero-order valence-electron chi connectivity index (χ0n) is 5.90. The number of aliphatic hydroxyl groups excluding tert-OH is 1. The van der Waals surface area contributed by atoms with Crippen molar-refractivity contribution in [3.63, 3.8) is 0 Å². The van der Waals surface area contributed by atoms with Crippen molar-refractivity contribution in [3.8, 4) is 0 Å².